The van der Waals surface area contributed by atoms with Gasteiger partial charge in [-0.3, -0.25) is 0 Å². The average Bonchev–Trinajstić information content (AvgIpc) is 1.83. The number of unbranched alkanes of at least 4 members (excludes halogenated alkanes) is 1. The fraction of sp³-hybridized carbons (Fsp3) is 1.00. The summed E-state index contributed by atoms with van der Waals surface area (Å²) in [7, 11) is 0. The van der Waals surface area contributed by atoms with Crippen LogP contribution in [0.5, 0.6) is 0 Å². The minimum absolute atomic E-state index is 0.347. The molecule has 0 aromatic heterocycles. The molecule has 1 N–H and O–H groups in total. The van der Waals surface area contributed by atoms with E-state index in [9.17, 15) is 0 Å². The molecule has 1 atom stereocenters. The minimum Gasteiger partial charge on any atom is -0.396 e. The molecule has 8 heavy (non-hydrogen) atoms. The number of aliphatic hydroxyl groups excluding tert-OH is 1. The van der Waals surface area contributed by atoms with Crippen molar-refractivity contribution < 1.29 is 5.11 Å². The van der Waals surface area contributed by atoms with Crippen molar-refractivity contribution in [2.45, 2.75) is 33.1 Å². The van der Waals surface area contributed by atoms with Gasteiger partial charge in [0.15, 0.2) is 0 Å². The first-order chi connectivity index (χ1) is 3.81. The molecule has 0 saturated carbocycles. The van der Waals surface area contributed by atoms with Crippen molar-refractivity contribution in [3.05, 3.63) is 0 Å². The Labute approximate surface area is 51.7 Å². The maximum atomic E-state index is 8.56. The zero-order chi connectivity index (χ0) is 6.41. The van der Waals surface area contributed by atoms with Crippen LogP contribution in [0.3, 0.4) is 0 Å². The molecule has 0 aromatic rings. The van der Waals surface area contributed by atoms with E-state index in [4.69, 9.17) is 5.11 Å². The molecule has 0 fully saturated rings. The fourth-order valence-electron chi connectivity index (χ4n) is 0.644. The second-order valence-electron chi connectivity index (χ2n) is 2.43. The Hall–Kier alpha value is -0.0400. The Morgan fingerprint density at radius 1 is 1.50 bits per heavy atom. The molecule has 0 aliphatic heterocycles. The van der Waals surface area contributed by atoms with Gasteiger partial charge in [-0.1, -0.05) is 26.7 Å². The standard InChI is InChI=1S/C7H16O/c1-3-4-5-7(2)6-8/h7-8H,3-6H2,1-2H3/t7-/m0/s1. The topological polar surface area (TPSA) is 20.2 Å². The van der Waals surface area contributed by atoms with Crippen molar-refractivity contribution in [3.8, 4) is 0 Å². The third kappa shape index (κ3) is 4.13. The summed E-state index contributed by atoms with van der Waals surface area (Å²) in [6.07, 6.45) is 3.67. The summed E-state index contributed by atoms with van der Waals surface area (Å²) >= 11 is 0. The molecule has 0 radical (unpaired) electrons. The number of hydrogen-bond acceptors (Lipinski definition) is 1. The monoisotopic (exact) mass is 116 g/mol. The molecule has 0 unspecified atom stereocenters. The van der Waals surface area contributed by atoms with Gasteiger partial charge in [-0.15, -0.1) is 0 Å². The summed E-state index contributed by atoms with van der Waals surface area (Å²) < 4.78 is 0. The smallest absolute Gasteiger partial charge is 0.0456 e. The lowest BCUT2D eigenvalue weighted by molar-refractivity contribution is 0.228. The molecule has 0 aromatic carbocycles. The third-order valence-corrected chi connectivity index (χ3v) is 1.36. The van der Waals surface area contributed by atoms with Gasteiger partial charge in [-0.2, -0.15) is 0 Å². The molecule has 0 spiro atoms. The van der Waals surface area contributed by atoms with Gasteiger partial charge in [-0.25, -0.2) is 0 Å². The molecule has 0 amide bonds. The summed E-state index contributed by atoms with van der Waals surface area (Å²) in [4.78, 5) is 0. The third-order valence-electron chi connectivity index (χ3n) is 1.36. The molecule has 50 valence electrons. The quantitative estimate of drug-likeness (QED) is 0.594. The highest BCUT2D eigenvalue weighted by atomic mass is 16.3. The molecule has 1 heteroatoms. The minimum atomic E-state index is 0.347. The van der Waals surface area contributed by atoms with Crippen LogP contribution < -0.4 is 0 Å². The van der Waals surface area contributed by atoms with Gasteiger partial charge in [0, 0.05) is 6.61 Å². The van der Waals surface area contributed by atoms with Crippen LogP contribution in [0.2, 0.25) is 0 Å². The molecular formula is C7H16O. The van der Waals surface area contributed by atoms with Crippen LogP contribution in [-0.4, -0.2) is 11.7 Å². The maximum absolute atomic E-state index is 8.56. The van der Waals surface area contributed by atoms with Crippen LogP contribution >= 0.6 is 0 Å². The van der Waals surface area contributed by atoms with Gasteiger partial charge in [0.25, 0.3) is 0 Å². The van der Waals surface area contributed by atoms with E-state index in [1.165, 1.54) is 19.3 Å². The van der Waals surface area contributed by atoms with E-state index in [0.717, 1.165) is 0 Å². The molecule has 0 rings (SSSR count). The highest BCUT2D eigenvalue weighted by Gasteiger charge is 1.95. The lowest BCUT2D eigenvalue weighted by atomic mass is 10.1. The molecule has 0 saturated heterocycles. The first-order valence-corrected chi connectivity index (χ1v) is 3.42. The molecule has 0 heterocycles. The summed E-state index contributed by atoms with van der Waals surface area (Å²) in [5.41, 5.74) is 0. The van der Waals surface area contributed by atoms with Crippen molar-refractivity contribution in [1.82, 2.24) is 0 Å². The van der Waals surface area contributed by atoms with Crippen molar-refractivity contribution in [2.75, 3.05) is 6.61 Å². The Morgan fingerprint density at radius 3 is 2.50 bits per heavy atom. The van der Waals surface area contributed by atoms with E-state index >= 15 is 0 Å². The average molecular weight is 116 g/mol. The van der Waals surface area contributed by atoms with Crippen molar-refractivity contribution in [1.29, 1.82) is 0 Å². The maximum Gasteiger partial charge on any atom is 0.0456 e. The lowest BCUT2D eigenvalue weighted by Crippen LogP contribution is -1.98. The highest BCUT2D eigenvalue weighted by Crippen LogP contribution is 2.04. The molecule has 0 aliphatic carbocycles. The van der Waals surface area contributed by atoms with Crippen LogP contribution in [-0.2, 0) is 0 Å². The van der Waals surface area contributed by atoms with Gasteiger partial charge in [-0.05, 0) is 12.3 Å². The van der Waals surface area contributed by atoms with Gasteiger partial charge in [0.1, 0.15) is 0 Å². The summed E-state index contributed by atoms with van der Waals surface area (Å²) in [6.45, 7) is 4.60. The van der Waals surface area contributed by atoms with Gasteiger partial charge in [0.2, 0.25) is 0 Å². The zero-order valence-corrected chi connectivity index (χ0v) is 5.85. The number of hydrogen-bond donors (Lipinski definition) is 1. The van der Waals surface area contributed by atoms with Crippen LogP contribution in [0.1, 0.15) is 33.1 Å². The highest BCUT2D eigenvalue weighted by molar-refractivity contribution is 4.48. The fourth-order valence-corrected chi connectivity index (χ4v) is 0.644. The number of aliphatic hydroxyl groups is 1. The van der Waals surface area contributed by atoms with Gasteiger partial charge < -0.3 is 5.11 Å². The Kier molecular flexibility index (Phi) is 5.08. The van der Waals surface area contributed by atoms with Crippen molar-refractivity contribution in [2.24, 2.45) is 5.92 Å². The lowest BCUT2D eigenvalue weighted by Gasteiger charge is -2.03. The van der Waals surface area contributed by atoms with Crippen LogP contribution in [0.25, 0.3) is 0 Å². The zero-order valence-electron chi connectivity index (χ0n) is 5.85. The largest absolute Gasteiger partial charge is 0.396 e. The molecular weight excluding hydrogens is 100 g/mol. The predicted molar refractivity (Wildman–Crippen MR) is 35.8 cm³/mol. The van der Waals surface area contributed by atoms with E-state index < -0.39 is 0 Å². The van der Waals surface area contributed by atoms with E-state index in [0.29, 0.717) is 12.5 Å². The van der Waals surface area contributed by atoms with E-state index in [1.807, 2.05) is 0 Å². The molecule has 0 bridgehead atoms. The molecule has 0 aliphatic rings. The normalized spacial score (nSPS) is 13.9. The first kappa shape index (κ1) is 7.96. The van der Waals surface area contributed by atoms with Gasteiger partial charge in [0.05, 0.1) is 0 Å². The summed E-state index contributed by atoms with van der Waals surface area (Å²) in [5, 5.41) is 8.56. The first-order valence-electron chi connectivity index (χ1n) is 3.42. The Balaban J connectivity index is 2.86. The van der Waals surface area contributed by atoms with Gasteiger partial charge >= 0.3 is 0 Å². The second-order valence-corrected chi connectivity index (χ2v) is 2.43. The summed E-state index contributed by atoms with van der Waals surface area (Å²) in [5.74, 6) is 0.509. The van der Waals surface area contributed by atoms with Crippen molar-refractivity contribution in [3.63, 3.8) is 0 Å². The second kappa shape index (κ2) is 5.10. The predicted octanol–water partition coefficient (Wildman–Crippen LogP) is 1.81. The van der Waals surface area contributed by atoms with Crippen LogP contribution in [0.4, 0.5) is 0 Å². The Bertz CT molecular complexity index is 43.7. The molecule has 1 nitrogen and oxygen atoms in total. The van der Waals surface area contributed by atoms with Crippen LogP contribution in [0.15, 0.2) is 0 Å². The van der Waals surface area contributed by atoms with Crippen molar-refractivity contribution >= 4 is 0 Å². The number of rotatable bonds is 4. The van der Waals surface area contributed by atoms with E-state index in [-0.39, 0.29) is 0 Å². The summed E-state index contributed by atoms with van der Waals surface area (Å²) in [6, 6.07) is 0. The Morgan fingerprint density at radius 2 is 2.12 bits per heavy atom. The van der Waals surface area contributed by atoms with E-state index in [1.54, 1.807) is 0 Å². The van der Waals surface area contributed by atoms with Crippen LogP contribution in [0, 0.1) is 5.92 Å². The SMILES string of the molecule is CCCC[C@H](C)CO. The van der Waals surface area contributed by atoms with E-state index in [2.05, 4.69) is 13.8 Å².